The first-order valence-electron chi connectivity index (χ1n) is 10.6. The Morgan fingerprint density at radius 2 is 1.64 bits per heavy atom. The predicted molar refractivity (Wildman–Crippen MR) is 119 cm³/mol. The highest BCUT2D eigenvalue weighted by Crippen LogP contribution is 2.31. The van der Waals surface area contributed by atoms with Gasteiger partial charge in [-0.15, -0.1) is 0 Å². The minimum atomic E-state index is -1.22. The number of hydrogen-bond acceptors (Lipinski definition) is 7. The van der Waals surface area contributed by atoms with E-state index < -0.39 is 41.3 Å². The lowest BCUT2D eigenvalue weighted by Gasteiger charge is -2.26. The molecule has 1 saturated heterocycles. The Hall–Kier alpha value is -3.68. The minimum Gasteiger partial charge on any atom is -0.489 e. The molecular weight excluding hydrogens is 426 g/mol. The van der Waals surface area contributed by atoms with Gasteiger partial charge in [-0.25, -0.2) is 14.5 Å². The van der Waals surface area contributed by atoms with Gasteiger partial charge in [0.25, 0.3) is 0 Å². The van der Waals surface area contributed by atoms with Crippen LogP contribution >= 0.6 is 0 Å². The van der Waals surface area contributed by atoms with Crippen LogP contribution in [0.4, 0.5) is 4.79 Å². The van der Waals surface area contributed by atoms with Gasteiger partial charge >= 0.3 is 12.1 Å². The molecule has 2 atom stereocenters. The van der Waals surface area contributed by atoms with E-state index in [0.29, 0.717) is 17.3 Å². The maximum Gasteiger partial charge on any atom is 0.417 e. The van der Waals surface area contributed by atoms with Crippen LogP contribution in [0.3, 0.4) is 0 Å². The number of imide groups is 1. The van der Waals surface area contributed by atoms with E-state index in [1.807, 2.05) is 30.3 Å². The van der Waals surface area contributed by atoms with Crippen LogP contribution in [0, 0.1) is 5.92 Å². The second kappa shape index (κ2) is 9.85. The summed E-state index contributed by atoms with van der Waals surface area (Å²) in [6.45, 7) is 5.30. The molecule has 0 saturated carbocycles. The molecule has 2 aromatic rings. The largest absolute Gasteiger partial charge is 0.489 e. The summed E-state index contributed by atoms with van der Waals surface area (Å²) in [6, 6.07) is 14.8. The highest BCUT2D eigenvalue weighted by Gasteiger charge is 2.51. The summed E-state index contributed by atoms with van der Waals surface area (Å²) in [5.74, 6) is -2.69. The number of amides is 2. The summed E-state index contributed by atoms with van der Waals surface area (Å²) in [5, 5.41) is 0. The molecular formula is C25H27NO7. The standard InChI is InChI=1S/C25H27NO7/c1-25(2,3)33-24(30)26-20(23(29)31-4)14-19(22(26)28)21(27)17-10-12-18(13-11-17)32-15-16-8-6-5-7-9-16/h5-13,19-20H,14-15H2,1-4H3/t19?,20-/m0/s1. The third-order valence-corrected chi connectivity index (χ3v) is 5.07. The second-order valence-electron chi connectivity index (χ2n) is 8.68. The van der Waals surface area contributed by atoms with E-state index in [1.54, 1.807) is 45.0 Å². The van der Waals surface area contributed by atoms with Crippen LogP contribution in [0.15, 0.2) is 54.6 Å². The molecule has 8 nitrogen and oxygen atoms in total. The molecule has 1 fully saturated rings. The fourth-order valence-corrected chi connectivity index (χ4v) is 3.49. The van der Waals surface area contributed by atoms with Gasteiger partial charge in [0.1, 0.15) is 29.9 Å². The van der Waals surface area contributed by atoms with Crippen LogP contribution in [0.1, 0.15) is 43.1 Å². The van der Waals surface area contributed by atoms with Gasteiger partial charge in [-0.3, -0.25) is 9.59 Å². The van der Waals surface area contributed by atoms with Crippen molar-refractivity contribution < 1.29 is 33.4 Å². The van der Waals surface area contributed by atoms with Crippen LogP contribution in [-0.4, -0.2) is 47.4 Å². The van der Waals surface area contributed by atoms with Crippen molar-refractivity contribution in [1.29, 1.82) is 0 Å². The van der Waals surface area contributed by atoms with Gasteiger partial charge < -0.3 is 14.2 Å². The van der Waals surface area contributed by atoms with Crippen molar-refractivity contribution >= 4 is 23.8 Å². The van der Waals surface area contributed by atoms with Crippen molar-refractivity contribution in [2.45, 2.75) is 45.4 Å². The van der Waals surface area contributed by atoms with Crippen molar-refractivity contribution in [2.75, 3.05) is 7.11 Å². The molecule has 0 aliphatic carbocycles. The summed E-state index contributed by atoms with van der Waals surface area (Å²) in [6.07, 6.45) is -1.15. The topological polar surface area (TPSA) is 99.2 Å². The zero-order valence-corrected chi connectivity index (χ0v) is 19.1. The van der Waals surface area contributed by atoms with Gasteiger partial charge in [-0.05, 0) is 57.0 Å². The highest BCUT2D eigenvalue weighted by molar-refractivity contribution is 6.15. The first-order chi connectivity index (χ1) is 15.6. The predicted octanol–water partition coefficient (Wildman–Crippen LogP) is 3.77. The first-order valence-corrected chi connectivity index (χ1v) is 10.6. The molecule has 3 rings (SSSR count). The molecule has 174 valence electrons. The van der Waals surface area contributed by atoms with Gasteiger partial charge in [-0.2, -0.15) is 0 Å². The van der Waals surface area contributed by atoms with Crippen molar-refractivity contribution in [2.24, 2.45) is 5.92 Å². The summed E-state index contributed by atoms with van der Waals surface area (Å²) in [5.41, 5.74) is 0.399. The van der Waals surface area contributed by atoms with E-state index in [0.717, 1.165) is 12.7 Å². The summed E-state index contributed by atoms with van der Waals surface area (Å²) in [7, 11) is 1.16. The third-order valence-electron chi connectivity index (χ3n) is 5.07. The normalized spacial score (nSPS) is 18.1. The molecule has 0 bridgehead atoms. The van der Waals surface area contributed by atoms with E-state index in [-0.39, 0.29) is 12.0 Å². The second-order valence-corrected chi connectivity index (χ2v) is 8.68. The Morgan fingerprint density at radius 3 is 2.21 bits per heavy atom. The lowest BCUT2D eigenvalue weighted by atomic mass is 9.94. The number of carbonyl (C=O) groups is 4. The zero-order valence-electron chi connectivity index (χ0n) is 19.1. The van der Waals surface area contributed by atoms with Crippen LogP contribution in [0.5, 0.6) is 5.75 Å². The molecule has 0 spiro atoms. The number of nitrogens with zero attached hydrogens (tertiary/aromatic N) is 1. The molecule has 2 amide bonds. The molecule has 33 heavy (non-hydrogen) atoms. The molecule has 0 radical (unpaired) electrons. The van der Waals surface area contributed by atoms with Crippen molar-refractivity contribution in [1.82, 2.24) is 4.90 Å². The molecule has 1 aliphatic heterocycles. The number of ether oxygens (including phenoxy) is 3. The molecule has 8 heteroatoms. The molecule has 1 heterocycles. The fourth-order valence-electron chi connectivity index (χ4n) is 3.49. The molecule has 0 N–H and O–H groups in total. The first kappa shape index (κ1) is 24.0. The highest BCUT2D eigenvalue weighted by atomic mass is 16.6. The van der Waals surface area contributed by atoms with Crippen LogP contribution < -0.4 is 4.74 Å². The molecule has 1 unspecified atom stereocenters. The van der Waals surface area contributed by atoms with Crippen LogP contribution in [0.2, 0.25) is 0 Å². The van der Waals surface area contributed by atoms with E-state index >= 15 is 0 Å². The fraction of sp³-hybridized carbons (Fsp3) is 0.360. The summed E-state index contributed by atoms with van der Waals surface area (Å²) in [4.78, 5) is 51.5. The molecule has 2 aromatic carbocycles. The number of rotatable bonds is 6. The monoisotopic (exact) mass is 453 g/mol. The summed E-state index contributed by atoms with van der Waals surface area (Å²) < 4.78 is 15.7. The number of benzene rings is 2. The quantitative estimate of drug-likeness (QED) is 0.373. The number of hydrogen-bond donors (Lipinski definition) is 0. The molecule has 1 aliphatic rings. The maximum atomic E-state index is 13.1. The van der Waals surface area contributed by atoms with Gasteiger partial charge in [0, 0.05) is 5.56 Å². The molecule has 0 aromatic heterocycles. The van der Waals surface area contributed by atoms with Crippen molar-refractivity contribution in [3.63, 3.8) is 0 Å². The Balaban J connectivity index is 1.73. The van der Waals surface area contributed by atoms with E-state index in [1.165, 1.54) is 0 Å². The number of likely N-dealkylation sites (tertiary alicyclic amines) is 1. The SMILES string of the molecule is COC(=O)[C@@H]1CC(C(=O)c2ccc(OCc3ccccc3)cc2)C(=O)N1C(=O)OC(C)(C)C. The number of carbonyl (C=O) groups excluding carboxylic acids is 4. The number of Topliss-reactive ketones (excluding diaryl/α,β-unsaturated/α-hetero) is 1. The van der Waals surface area contributed by atoms with E-state index in [9.17, 15) is 19.2 Å². The average molecular weight is 453 g/mol. The van der Waals surface area contributed by atoms with Gasteiger partial charge in [0.05, 0.1) is 7.11 Å². The number of ketones is 1. The minimum absolute atomic E-state index is 0.171. The Bertz CT molecular complexity index is 1020. The average Bonchev–Trinajstić information content (AvgIpc) is 3.13. The smallest absolute Gasteiger partial charge is 0.417 e. The van der Waals surface area contributed by atoms with Crippen molar-refractivity contribution in [3.05, 3.63) is 65.7 Å². The zero-order chi connectivity index (χ0) is 24.2. The number of esters is 1. The van der Waals surface area contributed by atoms with Gasteiger partial charge in [0.15, 0.2) is 5.78 Å². The lowest BCUT2D eigenvalue weighted by molar-refractivity contribution is -0.148. The summed E-state index contributed by atoms with van der Waals surface area (Å²) >= 11 is 0. The van der Waals surface area contributed by atoms with E-state index in [2.05, 4.69) is 0 Å². The van der Waals surface area contributed by atoms with Crippen molar-refractivity contribution in [3.8, 4) is 5.75 Å². The Kier molecular flexibility index (Phi) is 7.16. The Labute approximate surface area is 192 Å². The van der Waals surface area contributed by atoms with Gasteiger partial charge in [-0.1, -0.05) is 30.3 Å². The Morgan fingerprint density at radius 1 is 1.00 bits per heavy atom. The van der Waals surface area contributed by atoms with Gasteiger partial charge in [0.2, 0.25) is 5.91 Å². The maximum absolute atomic E-state index is 13.1. The number of methoxy groups -OCH3 is 1. The third kappa shape index (κ3) is 5.77. The van der Waals surface area contributed by atoms with Crippen LogP contribution in [-0.2, 0) is 25.7 Å². The lowest BCUT2D eigenvalue weighted by Crippen LogP contribution is -2.46. The van der Waals surface area contributed by atoms with Crippen LogP contribution in [0.25, 0.3) is 0 Å². The van der Waals surface area contributed by atoms with E-state index in [4.69, 9.17) is 14.2 Å².